The zero-order valence-corrected chi connectivity index (χ0v) is 9.78. The van der Waals surface area contributed by atoms with E-state index in [1.165, 1.54) is 32.2 Å². The largest absolute Gasteiger partial charge is 0.395 e. The van der Waals surface area contributed by atoms with Crippen molar-refractivity contribution in [2.45, 2.75) is 44.7 Å². The number of rotatable bonds is 5. The standard InChI is InChI=1S/C12H24N2O/c1-10-7-12(8-10)14(5-6-15)9-11-3-2-4-13-11/h10-13,15H,2-9H2,1H3. The Hall–Kier alpha value is -0.120. The molecule has 1 saturated carbocycles. The zero-order chi connectivity index (χ0) is 10.7. The van der Waals surface area contributed by atoms with E-state index in [2.05, 4.69) is 17.1 Å². The van der Waals surface area contributed by atoms with E-state index in [4.69, 9.17) is 5.11 Å². The van der Waals surface area contributed by atoms with Crippen molar-refractivity contribution in [2.24, 2.45) is 5.92 Å². The second kappa shape index (κ2) is 5.28. The number of nitrogens with one attached hydrogen (secondary N) is 1. The Morgan fingerprint density at radius 3 is 2.73 bits per heavy atom. The lowest BCUT2D eigenvalue weighted by atomic mass is 9.80. The summed E-state index contributed by atoms with van der Waals surface area (Å²) in [5.74, 6) is 0.896. The molecule has 0 aromatic carbocycles. The normalized spacial score (nSPS) is 35.8. The molecule has 0 amide bonds. The van der Waals surface area contributed by atoms with E-state index in [-0.39, 0.29) is 0 Å². The molecule has 1 heterocycles. The molecule has 0 bridgehead atoms. The number of hydrogen-bond donors (Lipinski definition) is 2. The van der Waals surface area contributed by atoms with Gasteiger partial charge in [-0.15, -0.1) is 0 Å². The summed E-state index contributed by atoms with van der Waals surface area (Å²) in [7, 11) is 0. The Bertz CT molecular complexity index is 186. The molecule has 1 saturated heterocycles. The molecule has 2 N–H and O–H groups in total. The number of hydrogen-bond acceptors (Lipinski definition) is 3. The summed E-state index contributed by atoms with van der Waals surface area (Å²) < 4.78 is 0. The highest BCUT2D eigenvalue weighted by atomic mass is 16.3. The van der Waals surface area contributed by atoms with Crippen molar-refractivity contribution in [3.8, 4) is 0 Å². The molecular formula is C12H24N2O. The lowest BCUT2D eigenvalue weighted by molar-refractivity contribution is 0.0624. The Morgan fingerprint density at radius 2 is 2.20 bits per heavy atom. The monoisotopic (exact) mass is 212 g/mol. The van der Waals surface area contributed by atoms with Crippen LogP contribution in [0.5, 0.6) is 0 Å². The first kappa shape index (κ1) is 11.4. The first-order valence-corrected chi connectivity index (χ1v) is 6.38. The fourth-order valence-electron chi connectivity index (χ4n) is 2.91. The van der Waals surface area contributed by atoms with Crippen LogP contribution in [0, 0.1) is 5.92 Å². The highest BCUT2D eigenvalue weighted by Crippen LogP contribution is 2.31. The predicted octanol–water partition coefficient (Wildman–Crippen LogP) is 0.831. The van der Waals surface area contributed by atoms with Crippen LogP contribution in [0.15, 0.2) is 0 Å². The number of aliphatic hydroxyl groups excluding tert-OH is 1. The second-order valence-corrected chi connectivity index (χ2v) is 5.24. The van der Waals surface area contributed by atoms with Crippen LogP contribution in [0.1, 0.15) is 32.6 Å². The molecule has 2 fully saturated rings. The van der Waals surface area contributed by atoms with Gasteiger partial charge >= 0.3 is 0 Å². The van der Waals surface area contributed by atoms with Crippen LogP contribution in [-0.4, -0.2) is 48.3 Å². The summed E-state index contributed by atoms with van der Waals surface area (Å²) in [4.78, 5) is 2.49. The molecule has 0 aromatic rings. The third kappa shape index (κ3) is 2.92. The van der Waals surface area contributed by atoms with Crippen LogP contribution < -0.4 is 5.32 Å². The van der Waals surface area contributed by atoms with Gasteiger partial charge in [0.25, 0.3) is 0 Å². The van der Waals surface area contributed by atoms with Crippen LogP contribution in [0.3, 0.4) is 0 Å². The SMILES string of the molecule is CC1CC(N(CCO)CC2CCCN2)C1. The highest BCUT2D eigenvalue weighted by Gasteiger charge is 2.31. The second-order valence-electron chi connectivity index (χ2n) is 5.24. The molecule has 15 heavy (non-hydrogen) atoms. The first-order chi connectivity index (χ1) is 7.29. The van der Waals surface area contributed by atoms with E-state index in [1.54, 1.807) is 0 Å². The summed E-state index contributed by atoms with van der Waals surface area (Å²) in [6.07, 6.45) is 5.28. The molecule has 1 unspecified atom stereocenters. The van der Waals surface area contributed by atoms with Gasteiger partial charge < -0.3 is 10.4 Å². The van der Waals surface area contributed by atoms with Crippen molar-refractivity contribution < 1.29 is 5.11 Å². The maximum Gasteiger partial charge on any atom is 0.0558 e. The number of aliphatic hydroxyl groups is 1. The maximum atomic E-state index is 9.08. The minimum absolute atomic E-state index is 0.303. The molecule has 3 heteroatoms. The molecule has 1 aliphatic carbocycles. The molecule has 0 aromatic heterocycles. The van der Waals surface area contributed by atoms with Gasteiger partial charge in [0.1, 0.15) is 0 Å². The van der Waals surface area contributed by atoms with Gasteiger partial charge in [-0.1, -0.05) is 6.92 Å². The van der Waals surface area contributed by atoms with E-state index >= 15 is 0 Å². The van der Waals surface area contributed by atoms with Crippen molar-refractivity contribution in [1.82, 2.24) is 10.2 Å². The van der Waals surface area contributed by atoms with Gasteiger partial charge in [0, 0.05) is 25.2 Å². The minimum atomic E-state index is 0.303. The zero-order valence-electron chi connectivity index (χ0n) is 9.78. The van der Waals surface area contributed by atoms with Crippen molar-refractivity contribution in [3.05, 3.63) is 0 Å². The quantitative estimate of drug-likeness (QED) is 0.708. The summed E-state index contributed by atoms with van der Waals surface area (Å²) >= 11 is 0. The maximum absolute atomic E-state index is 9.08. The van der Waals surface area contributed by atoms with Gasteiger partial charge in [0.15, 0.2) is 0 Å². The van der Waals surface area contributed by atoms with Crippen molar-refractivity contribution in [2.75, 3.05) is 26.2 Å². The highest BCUT2D eigenvalue weighted by molar-refractivity contribution is 4.88. The topological polar surface area (TPSA) is 35.5 Å². The van der Waals surface area contributed by atoms with Crippen molar-refractivity contribution in [3.63, 3.8) is 0 Å². The van der Waals surface area contributed by atoms with Crippen LogP contribution in [-0.2, 0) is 0 Å². The Labute approximate surface area is 92.8 Å². The molecule has 1 atom stereocenters. The average molecular weight is 212 g/mol. The molecule has 88 valence electrons. The average Bonchev–Trinajstić information content (AvgIpc) is 2.65. The van der Waals surface area contributed by atoms with Gasteiger partial charge in [0.05, 0.1) is 6.61 Å². The van der Waals surface area contributed by atoms with Crippen LogP contribution in [0.4, 0.5) is 0 Å². The summed E-state index contributed by atoms with van der Waals surface area (Å²) in [6.45, 7) is 5.80. The molecule has 2 rings (SSSR count). The molecule has 1 aliphatic heterocycles. The van der Waals surface area contributed by atoms with Gasteiger partial charge in [0.2, 0.25) is 0 Å². The molecule has 0 radical (unpaired) electrons. The van der Waals surface area contributed by atoms with Gasteiger partial charge in [-0.05, 0) is 38.1 Å². The molecule has 0 spiro atoms. The van der Waals surface area contributed by atoms with E-state index in [0.717, 1.165) is 25.0 Å². The van der Waals surface area contributed by atoms with Gasteiger partial charge in [-0.3, -0.25) is 4.90 Å². The van der Waals surface area contributed by atoms with E-state index in [1.807, 2.05) is 0 Å². The summed E-state index contributed by atoms with van der Waals surface area (Å²) in [5, 5.41) is 12.6. The predicted molar refractivity (Wildman–Crippen MR) is 61.9 cm³/mol. The molecular weight excluding hydrogens is 188 g/mol. The van der Waals surface area contributed by atoms with E-state index in [9.17, 15) is 0 Å². The molecule has 3 nitrogen and oxygen atoms in total. The fourth-order valence-corrected chi connectivity index (χ4v) is 2.91. The Morgan fingerprint density at radius 1 is 1.40 bits per heavy atom. The smallest absolute Gasteiger partial charge is 0.0558 e. The minimum Gasteiger partial charge on any atom is -0.395 e. The van der Waals surface area contributed by atoms with Crippen LogP contribution >= 0.6 is 0 Å². The Balaban J connectivity index is 1.77. The first-order valence-electron chi connectivity index (χ1n) is 6.38. The van der Waals surface area contributed by atoms with Gasteiger partial charge in [-0.2, -0.15) is 0 Å². The molecule has 2 aliphatic rings. The van der Waals surface area contributed by atoms with Crippen molar-refractivity contribution >= 4 is 0 Å². The fraction of sp³-hybridized carbons (Fsp3) is 1.00. The van der Waals surface area contributed by atoms with Gasteiger partial charge in [-0.25, -0.2) is 0 Å². The third-order valence-electron chi connectivity index (χ3n) is 3.87. The van der Waals surface area contributed by atoms with E-state index in [0.29, 0.717) is 12.6 Å². The van der Waals surface area contributed by atoms with Crippen molar-refractivity contribution in [1.29, 1.82) is 0 Å². The summed E-state index contributed by atoms with van der Waals surface area (Å²) in [6, 6.07) is 1.42. The lowest BCUT2D eigenvalue weighted by Gasteiger charge is -2.42. The van der Waals surface area contributed by atoms with E-state index < -0.39 is 0 Å². The van der Waals surface area contributed by atoms with Crippen LogP contribution in [0.2, 0.25) is 0 Å². The summed E-state index contributed by atoms with van der Waals surface area (Å²) in [5.41, 5.74) is 0. The number of nitrogens with zero attached hydrogens (tertiary/aromatic N) is 1. The Kier molecular flexibility index (Phi) is 4.00. The third-order valence-corrected chi connectivity index (χ3v) is 3.87. The van der Waals surface area contributed by atoms with Crippen LogP contribution in [0.25, 0.3) is 0 Å². The lowest BCUT2D eigenvalue weighted by Crippen LogP contribution is -2.49.